The quantitative estimate of drug-likeness (QED) is 0.576. The van der Waals surface area contributed by atoms with Gasteiger partial charge in [-0.1, -0.05) is 0 Å². The maximum atomic E-state index is 12.5. The minimum atomic E-state index is -0.369. The fourth-order valence-electron chi connectivity index (χ4n) is 0.654. The lowest BCUT2D eigenvalue weighted by Gasteiger charge is -1.99. The Morgan fingerprint density at radius 1 is 1.55 bits per heavy atom. The molecule has 0 saturated heterocycles. The first kappa shape index (κ1) is 8.02. The van der Waals surface area contributed by atoms with Gasteiger partial charge in [-0.3, -0.25) is 5.32 Å². The zero-order valence-electron chi connectivity index (χ0n) is 5.44. The fraction of sp³-hybridized carbons (Fsp3) is 0. The molecule has 0 saturated carbocycles. The van der Waals surface area contributed by atoms with E-state index in [9.17, 15) is 4.39 Å². The Labute approximate surface area is 71.8 Å². The highest BCUT2D eigenvalue weighted by Gasteiger charge is 1.98. The number of nitriles is 1. The zero-order valence-corrected chi connectivity index (χ0v) is 7.02. The van der Waals surface area contributed by atoms with E-state index in [0.29, 0.717) is 10.2 Å². The highest BCUT2D eigenvalue weighted by molar-refractivity contribution is 9.10. The van der Waals surface area contributed by atoms with Crippen molar-refractivity contribution in [3.63, 3.8) is 0 Å². The zero-order chi connectivity index (χ0) is 8.27. The number of nitrogens with zero attached hydrogens (tertiary/aromatic N) is 1. The van der Waals surface area contributed by atoms with E-state index >= 15 is 0 Å². The minimum Gasteiger partial charge on any atom is -0.292 e. The normalized spacial score (nSPS) is 8.82. The van der Waals surface area contributed by atoms with Crippen LogP contribution in [0.2, 0.25) is 0 Å². The summed E-state index contributed by atoms with van der Waals surface area (Å²) in [6.07, 6.45) is 1.71. The third-order valence-electron chi connectivity index (χ3n) is 1.12. The van der Waals surface area contributed by atoms with Crippen LogP contribution >= 0.6 is 15.9 Å². The van der Waals surface area contributed by atoms with Crippen LogP contribution in [0.3, 0.4) is 0 Å². The van der Waals surface area contributed by atoms with Crippen LogP contribution in [0.1, 0.15) is 0 Å². The number of hydrogen-bond acceptors (Lipinski definition) is 2. The minimum absolute atomic E-state index is 0.369. The van der Waals surface area contributed by atoms with Gasteiger partial charge in [0.05, 0.1) is 5.69 Å². The van der Waals surface area contributed by atoms with Crippen LogP contribution in [0.15, 0.2) is 22.7 Å². The van der Waals surface area contributed by atoms with Gasteiger partial charge in [0.15, 0.2) is 6.19 Å². The Hall–Kier alpha value is -1.08. The molecule has 0 fully saturated rings. The van der Waals surface area contributed by atoms with E-state index in [1.54, 1.807) is 6.19 Å². The molecular formula is C7H4BrFN2. The van der Waals surface area contributed by atoms with Crippen LogP contribution in [0, 0.1) is 17.3 Å². The molecule has 11 heavy (non-hydrogen) atoms. The molecule has 0 radical (unpaired) electrons. The van der Waals surface area contributed by atoms with Gasteiger partial charge in [0.25, 0.3) is 0 Å². The van der Waals surface area contributed by atoms with Crippen molar-refractivity contribution in [2.24, 2.45) is 0 Å². The number of halogens is 2. The molecule has 0 aliphatic carbocycles. The van der Waals surface area contributed by atoms with E-state index in [2.05, 4.69) is 21.2 Å². The summed E-state index contributed by atoms with van der Waals surface area (Å²) < 4.78 is 13.2. The molecule has 1 N–H and O–H groups in total. The van der Waals surface area contributed by atoms with E-state index in [-0.39, 0.29) is 5.82 Å². The molecule has 1 rings (SSSR count). The van der Waals surface area contributed by atoms with Gasteiger partial charge < -0.3 is 0 Å². The summed E-state index contributed by atoms with van der Waals surface area (Å²) in [5.41, 5.74) is 0.438. The lowest BCUT2D eigenvalue weighted by molar-refractivity contribution is 0.628. The number of rotatable bonds is 1. The highest BCUT2D eigenvalue weighted by atomic mass is 79.9. The largest absolute Gasteiger partial charge is 0.292 e. The first-order valence-electron chi connectivity index (χ1n) is 2.84. The molecule has 0 heterocycles. The predicted octanol–water partition coefficient (Wildman–Crippen LogP) is 2.48. The molecule has 1 aromatic rings. The Morgan fingerprint density at radius 3 is 2.91 bits per heavy atom. The molecule has 0 aliphatic rings. The van der Waals surface area contributed by atoms with Crippen molar-refractivity contribution in [1.82, 2.24) is 0 Å². The van der Waals surface area contributed by atoms with Crippen molar-refractivity contribution >= 4 is 21.6 Å². The predicted molar refractivity (Wildman–Crippen MR) is 43.3 cm³/mol. The van der Waals surface area contributed by atoms with Gasteiger partial charge >= 0.3 is 0 Å². The molecule has 0 amide bonds. The second-order valence-corrected chi connectivity index (χ2v) is 2.72. The van der Waals surface area contributed by atoms with Gasteiger partial charge in [-0.05, 0) is 34.1 Å². The Bertz CT molecular complexity index is 306. The molecule has 2 nitrogen and oxygen atoms in total. The van der Waals surface area contributed by atoms with Crippen LogP contribution in [0.4, 0.5) is 10.1 Å². The monoisotopic (exact) mass is 214 g/mol. The average molecular weight is 215 g/mol. The van der Waals surface area contributed by atoms with Gasteiger partial charge in [0.2, 0.25) is 0 Å². The molecular weight excluding hydrogens is 211 g/mol. The van der Waals surface area contributed by atoms with Crippen LogP contribution in [-0.2, 0) is 0 Å². The summed E-state index contributed by atoms with van der Waals surface area (Å²) in [4.78, 5) is 0. The van der Waals surface area contributed by atoms with Gasteiger partial charge in [0.1, 0.15) is 5.82 Å². The van der Waals surface area contributed by atoms with Crippen molar-refractivity contribution < 1.29 is 4.39 Å². The maximum Gasteiger partial charge on any atom is 0.181 e. The van der Waals surface area contributed by atoms with E-state index < -0.39 is 0 Å². The molecule has 0 atom stereocenters. The van der Waals surface area contributed by atoms with Crippen molar-refractivity contribution in [3.05, 3.63) is 28.5 Å². The first-order valence-corrected chi connectivity index (χ1v) is 3.63. The van der Waals surface area contributed by atoms with Crippen LogP contribution < -0.4 is 5.32 Å². The highest BCUT2D eigenvalue weighted by Crippen LogP contribution is 2.22. The van der Waals surface area contributed by atoms with Gasteiger partial charge in [-0.15, -0.1) is 0 Å². The Morgan fingerprint density at radius 2 is 2.27 bits per heavy atom. The lowest BCUT2D eigenvalue weighted by atomic mass is 10.3. The molecule has 0 bridgehead atoms. The topological polar surface area (TPSA) is 35.8 Å². The third-order valence-corrected chi connectivity index (χ3v) is 1.81. The summed E-state index contributed by atoms with van der Waals surface area (Å²) in [5.74, 6) is -0.369. The van der Waals surface area contributed by atoms with Gasteiger partial charge in [0, 0.05) is 4.47 Å². The molecule has 1 aromatic carbocycles. The van der Waals surface area contributed by atoms with Gasteiger partial charge in [-0.2, -0.15) is 5.26 Å². The van der Waals surface area contributed by atoms with E-state index in [1.807, 2.05) is 0 Å². The SMILES string of the molecule is N#CNc1cc(F)ccc1Br. The van der Waals surface area contributed by atoms with E-state index in [4.69, 9.17) is 5.26 Å². The average Bonchev–Trinajstić information content (AvgIpc) is 1.98. The van der Waals surface area contributed by atoms with Crippen molar-refractivity contribution in [1.29, 1.82) is 5.26 Å². The molecule has 4 heteroatoms. The van der Waals surface area contributed by atoms with Crippen LogP contribution in [-0.4, -0.2) is 0 Å². The van der Waals surface area contributed by atoms with Crippen molar-refractivity contribution in [2.45, 2.75) is 0 Å². The van der Waals surface area contributed by atoms with Crippen LogP contribution in [0.25, 0.3) is 0 Å². The van der Waals surface area contributed by atoms with E-state index in [0.717, 1.165) is 0 Å². The molecule has 56 valence electrons. The van der Waals surface area contributed by atoms with Crippen molar-refractivity contribution in [2.75, 3.05) is 5.32 Å². The maximum absolute atomic E-state index is 12.5. The smallest absolute Gasteiger partial charge is 0.181 e. The van der Waals surface area contributed by atoms with Crippen LogP contribution in [0.5, 0.6) is 0 Å². The second-order valence-electron chi connectivity index (χ2n) is 1.86. The first-order chi connectivity index (χ1) is 5.24. The molecule has 0 spiro atoms. The standard InChI is InChI=1S/C7H4BrFN2/c8-6-2-1-5(9)3-7(6)11-4-10/h1-3,11H. The fourth-order valence-corrected chi connectivity index (χ4v) is 0.999. The Balaban J connectivity index is 3.05. The number of anilines is 1. The number of benzene rings is 1. The summed E-state index contributed by atoms with van der Waals surface area (Å²) in [5, 5.41) is 10.6. The summed E-state index contributed by atoms with van der Waals surface area (Å²) in [6, 6.07) is 4.09. The summed E-state index contributed by atoms with van der Waals surface area (Å²) in [6.45, 7) is 0. The summed E-state index contributed by atoms with van der Waals surface area (Å²) >= 11 is 3.15. The van der Waals surface area contributed by atoms with Gasteiger partial charge in [-0.25, -0.2) is 4.39 Å². The lowest BCUT2D eigenvalue weighted by Crippen LogP contribution is -1.89. The number of hydrogen-bond donors (Lipinski definition) is 1. The number of nitrogens with one attached hydrogen (secondary N) is 1. The summed E-state index contributed by atoms with van der Waals surface area (Å²) in [7, 11) is 0. The Kier molecular flexibility index (Phi) is 2.44. The van der Waals surface area contributed by atoms with E-state index in [1.165, 1.54) is 18.2 Å². The molecule has 0 aromatic heterocycles. The van der Waals surface area contributed by atoms with Crippen molar-refractivity contribution in [3.8, 4) is 6.19 Å². The molecule has 0 aliphatic heterocycles. The molecule has 0 unspecified atom stereocenters. The third kappa shape index (κ3) is 1.92. The second kappa shape index (κ2) is 3.35.